The lowest BCUT2D eigenvalue weighted by molar-refractivity contribution is 0.0699. The normalized spacial score (nSPS) is 10.5. The second kappa shape index (κ2) is 6.26. The van der Waals surface area contributed by atoms with E-state index in [1.54, 1.807) is 18.3 Å². The predicted octanol–water partition coefficient (Wildman–Crippen LogP) is 3.59. The molecule has 2 N–H and O–H groups in total. The molecule has 0 spiro atoms. The van der Waals surface area contributed by atoms with Gasteiger partial charge in [-0.25, -0.2) is 9.78 Å². The van der Waals surface area contributed by atoms with Crippen LogP contribution >= 0.6 is 0 Å². The Bertz CT molecular complexity index is 795. The largest absolute Gasteiger partial charge is 0.478 e. The van der Waals surface area contributed by atoms with Crippen molar-refractivity contribution in [2.75, 3.05) is 11.9 Å². The van der Waals surface area contributed by atoms with Crippen LogP contribution in [0.1, 0.15) is 15.9 Å². The summed E-state index contributed by atoms with van der Waals surface area (Å²) >= 11 is 0. The first-order valence-electron chi connectivity index (χ1n) is 7.14. The molecular formula is C18H16N2O2. The smallest absolute Gasteiger partial charge is 0.336 e. The van der Waals surface area contributed by atoms with Crippen LogP contribution < -0.4 is 5.32 Å². The first-order valence-corrected chi connectivity index (χ1v) is 7.14. The SMILES string of the molecule is O=C(O)c1cccc2ccnc(NCCc3ccccc3)c12. The number of carboxylic acids is 1. The molecule has 3 aromatic rings. The Balaban J connectivity index is 1.86. The third-order valence-electron chi connectivity index (χ3n) is 3.57. The van der Waals surface area contributed by atoms with Crippen LogP contribution in [0.4, 0.5) is 5.82 Å². The molecule has 0 fully saturated rings. The first-order chi connectivity index (χ1) is 10.8. The van der Waals surface area contributed by atoms with Gasteiger partial charge in [0.2, 0.25) is 0 Å². The van der Waals surface area contributed by atoms with Crippen LogP contribution in [0.2, 0.25) is 0 Å². The van der Waals surface area contributed by atoms with Crippen molar-refractivity contribution in [2.24, 2.45) is 0 Å². The molecule has 0 saturated heterocycles. The molecule has 0 aliphatic rings. The van der Waals surface area contributed by atoms with Crippen molar-refractivity contribution < 1.29 is 9.90 Å². The predicted molar refractivity (Wildman–Crippen MR) is 87.3 cm³/mol. The molecule has 0 aliphatic carbocycles. The molecule has 1 heterocycles. The quantitative estimate of drug-likeness (QED) is 0.754. The minimum absolute atomic E-state index is 0.271. The van der Waals surface area contributed by atoms with Gasteiger partial charge in [0.1, 0.15) is 5.82 Å². The molecule has 0 unspecified atom stereocenters. The van der Waals surface area contributed by atoms with E-state index in [1.807, 2.05) is 30.3 Å². The Morgan fingerprint density at radius 1 is 1.05 bits per heavy atom. The van der Waals surface area contributed by atoms with E-state index in [2.05, 4.69) is 22.4 Å². The Labute approximate surface area is 128 Å². The van der Waals surface area contributed by atoms with E-state index in [4.69, 9.17) is 0 Å². The van der Waals surface area contributed by atoms with Gasteiger partial charge in [0.05, 0.1) is 5.56 Å². The summed E-state index contributed by atoms with van der Waals surface area (Å²) in [6.45, 7) is 0.698. The molecule has 0 bridgehead atoms. The van der Waals surface area contributed by atoms with E-state index in [-0.39, 0.29) is 5.56 Å². The number of hydrogen-bond donors (Lipinski definition) is 2. The molecule has 4 heteroatoms. The number of nitrogens with zero attached hydrogens (tertiary/aromatic N) is 1. The van der Waals surface area contributed by atoms with Gasteiger partial charge >= 0.3 is 5.97 Å². The summed E-state index contributed by atoms with van der Waals surface area (Å²) in [5, 5.41) is 14.1. The van der Waals surface area contributed by atoms with Crippen molar-refractivity contribution in [2.45, 2.75) is 6.42 Å². The second-order valence-corrected chi connectivity index (χ2v) is 5.03. The zero-order valence-corrected chi connectivity index (χ0v) is 12.0. The summed E-state index contributed by atoms with van der Waals surface area (Å²) in [5.41, 5.74) is 1.50. The maximum Gasteiger partial charge on any atom is 0.336 e. The Hall–Kier alpha value is -2.88. The van der Waals surface area contributed by atoms with Crippen molar-refractivity contribution in [3.05, 3.63) is 71.9 Å². The van der Waals surface area contributed by atoms with Gasteiger partial charge in [0.25, 0.3) is 0 Å². The molecule has 22 heavy (non-hydrogen) atoms. The molecular weight excluding hydrogens is 276 g/mol. The number of carbonyl (C=O) groups is 1. The first kappa shape index (κ1) is 14.1. The maximum absolute atomic E-state index is 11.4. The standard InChI is InChI=1S/C18H16N2O2/c21-18(22)15-8-4-7-14-10-12-20-17(16(14)15)19-11-9-13-5-2-1-3-6-13/h1-8,10,12H,9,11H2,(H,19,20)(H,21,22). The van der Waals surface area contributed by atoms with Crippen LogP contribution in [-0.2, 0) is 6.42 Å². The van der Waals surface area contributed by atoms with E-state index in [1.165, 1.54) is 5.56 Å². The monoisotopic (exact) mass is 292 g/mol. The molecule has 0 aliphatic heterocycles. The molecule has 1 aromatic heterocycles. The van der Waals surface area contributed by atoms with Crippen LogP contribution in [0, 0.1) is 0 Å². The van der Waals surface area contributed by atoms with Crippen molar-refractivity contribution in [1.82, 2.24) is 4.98 Å². The molecule has 110 valence electrons. The van der Waals surface area contributed by atoms with E-state index < -0.39 is 5.97 Å². The highest BCUT2D eigenvalue weighted by Crippen LogP contribution is 2.25. The molecule has 0 atom stereocenters. The lowest BCUT2D eigenvalue weighted by Gasteiger charge is -2.10. The topological polar surface area (TPSA) is 62.2 Å². The van der Waals surface area contributed by atoms with E-state index >= 15 is 0 Å². The number of pyridine rings is 1. The van der Waals surface area contributed by atoms with Crippen LogP contribution in [0.3, 0.4) is 0 Å². The molecule has 0 radical (unpaired) electrons. The number of aromatic carboxylic acids is 1. The third-order valence-corrected chi connectivity index (χ3v) is 3.57. The Morgan fingerprint density at radius 2 is 1.86 bits per heavy atom. The molecule has 0 amide bonds. The lowest BCUT2D eigenvalue weighted by Crippen LogP contribution is -2.08. The van der Waals surface area contributed by atoms with E-state index in [0.717, 1.165) is 11.8 Å². The fourth-order valence-corrected chi connectivity index (χ4v) is 2.51. The van der Waals surface area contributed by atoms with Gasteiger partial charge in [-0.2, -0.15) is 0 Å². The van der Waals surface area contributed by atoms with Crippen LogP contribution in [0.5, 0.6) is 0 Å². The minimum atomic E-state index is -0.940. The van der Waals surface area contributed by atoms with Crippen LogP contribution in [0.25, 0.3) is 10.8 Å². The number of anilines is 1. The van der Waals surface area contributed by atoms with Crippen LogP contribution in [0.15, 0.2) is 60.8 Å². The second-order valence-electron chi connectivity index (χ2n) is 5.03. The van der Waals surface area contributed by atoms with Crippen molar-refractivity contribution in [1.29, 1.82) is 0 Å². The Kier molecular flexibility index (Phi) is 4.01. The van der Waals surface area contributed by atoms with Gasteiger partial charge in [0, 0.05) is 18.1 Å². The average Bonchev–Trinajstić information content (AvgIpc) is 2.55. The number of hydrogen-bond acceptors (Lipinski definition) is 3. The molecule has 2 aromatic carbocycles. The van der Waals surface area contributed by atoms with Gasteiger partial charge in [0.15, 0.2) is 0 Å². The van der Waals surface area contributed by atoms with Crippen molar-refractivity contribution in [3.8, 4) is 0 Å². The number of carboxylic acid groups (broad SMARTS) is 1. The van der Waals surface area contributed by atoms with Crippen molar-refractivity contribution in [3.63, 3.8) is 0 Å². The van der Waals surface area contributed by atoms with E-state index in [0.29, 0.717) is 17.7 Å². The number of nitrogens with one attached hydrogen (secondary N) is 1. The summed E-state index contributed by atoms with van der Waals surface area (Å²) in [5.74, 6) is -0.323. The maximum atomic E-state index is 11.4. The van der Waals surface area contributed by atoms with Crippen LogP contribution in [-0.4, -0.2) is 22.6 Å². The van der Waals surface area contributed by atoms with Gasteiger partial charge in [-0.05, 0) is 29.5 Å². The number of fused-ring (bicyclic) bond motifs is 1. The molecule has 0 saturated carbocycles. The highest BCUT2D eigenvalue weighted by molar-refractivity contribution is 6.08. The third kappa shape index (κ3) is 2.91. The highest BCUT2D eigenvalue weighted by atomic mass is 16.4. The van der Waals surface area contributed by atoms with E-state index in [9.17, 15) is 9.90 Å². The summed E-state index contributed by atoms with van der Waals surface area (Å²) in [6, 6.07) is 17.2. The molecule has 3 rings (SSSR count). The average molecular weight is 292 g/mol. The summed E-state index contributed by atoms with van der Waals surface area (Å²) in [6.07, 6.45) is 2.55. The lowest BCUT2D eigenvalue weighted by atomic mass is 10.1. The fourth-order valence-electron chi connectivity index (χ4n) is 2.51. The van der Waals surface area contributed by atoms with Gasteiger partial charge in [-0.3, -0.25) is 0 Å². The summed E-state index contributed by atoms with van der Waals surface area (Å²) in [4.78, 5) is 15.7. The molecule has 4 nitrogen and oxygen atoms in total. The number of aromatic nitrogens is 1. The zero-order chi connectivity index (χ0) is 15.4. The minimum Gasteiger partial charge on any atom is -0.478 e. The van der Waals surface area contributed by atoms with Gasteiger partial charge in [-0.15, -0.1) is 0 Å². The number of benzene rings is 2. The van der Waals surface area contributed by atoms with Gasteiger partial charge in [-0.1, -0.05) is 42.5 Å². The Morgan fingerprint density at radius 3 is 2.64 bits per heavy atom. The fraction of sp³-hybridized carbons (Fsp3) is 0.111. The zero-order valence-electron chi connectivity index (χ0n) is 12.0. The summed E-state index contributed by atoms with van der Waals surface area (Å²) in [7, 11) is 0. The van der Waals surface area contributed by atoms with Crippen molar-refractivity contribution >= 4 is 22.6 Å². The summed E-state index contributed by atoms with van der Waals surface area (Å²) < 4.78 is 0. The number of rotatable bonds is 5. The van der Waals surface area contributed by atoms with Gasteiger partial charge < -0.3 is 10.4 Å². The highest BCUT2D eigenvalue weighted by Gasteiger charge is 2.12.